The number of carbonyl (C=O) groups is 1. The van der Waals surface area contributed by atoms with E-state index in [1.807, 2.05) is 25.1 Å². The summed E-state index contributed by atoms with van der Waals surface area (Å²) >= 11 is 9.76. The number of carboxylic acids is 1. The van der Waals surface area contributed by atoms with Crippen LogP contribution >= 0.6 is 27.5 Å². The van der Waals surface area contributed by atoms with Crippen LogP contribution in [-0.4, -0.2) is 29.1 Å². The third kappa shape index (κ3) is 3.35. The molecule has 5 heteroatoms. The highest BCUT2D eigenvalue weighted by Crippen LogP contribution is 2.39. The van der Waals surface area contributed by atoms with Gasteiger partial charge in [0.2, 0.25) is 0 Å². The predicted molar refractivity (Wildman–Crippen MR) is 84.2 cm³/mol. The average Bonchev–Trinajstić information content (AvgIpc) is 2.38. The van der Waals surface area contributed by atoms with Crippen molar-refractivity contribution in [2.45, 2.75) is 38.1 Å². The van der Waals surface area contributed by atoms with E-state index in [1.165, 1.54) is 6.42 Å². The Labute approximate surface area is 133 Å². The van der Waals surface area contributed by atoms with Gasteiger partial charge in [0.15, 0.2) is 0 Å². The first kappa shape index (κ1) is 15.8. The average molecular weight is 361 g/mol. The quantitative estimate of drug-likeness (QED) is 0.871. The molecular formula is C15H19BrClNO2. The van der Waals surface area contributed by atoms with Crippen molar-refractivity contribution >= 4 is 33.5 Å². The molecule has 1 aromatic rings. The van der Waals surface area contributed by atoms with Crippen molar-refractivity contribution < 1.29 is 9.90 Å². The molecule has 3 nitrogen and oxygen atoms in total. The minimum atomic E-state index is -0.794. The summed E-state index contributed by atoms with van der Waals surface area (Å²) in [5.41, 5.74) is 0.344. The summed E-state index contributed by atoms with van der Waals surface area (Å²) in [7, 11) is 0. The van der Waals surface area contributed by atoms with E-state index in [4.69, 9.17) is 11.6 Å². The van der Waals surface area contributed by atoms with Gasteiger partial charge in [-0.15, -0.1) is 0 Å². The third-order valence-electron chi connectivity index (χ3n) is 4.06. The second-order valence-corrected chi connectivity index (χ2v) is 6.84. The normalized spacial score (nSPS) is 19.6. The Hall–Kier alpha value is -0.580. The largest absolute Gasteiger partial charge is 0.481 e. The first-order valence-electron chi connectivity index (χ1n) is 6.86. The van der Waals surface area contributed by atoms with Gasteiger partial charge in [-0.2, -0.15) is 0 Å². The number of rotatable bonds is 4. The van der Waals surface area contributed by atoms with Crippen LogP contribution in [0.3, 0.4) is 0 Å². The van der Waals surface area contributed by atoms with E-state index in [9.17, 15) is 9.90 Å². The van der Waals surface area contributed by atoms with Gasteiger partial charge in [0, 0.05) is 9.50 Å². The molecule has 1 fully saturated rings. The highest BCUT2D eigenvalue weighted by Gasteiger charge is 2.38. The maximum absolute atomic E-state index is 11.3. The summed E-state index contributed by atoms with van der Waals surface area (Å²) in [5.74, 6) is -0.794. The second kappa shape index (κ2) is 6.46. The SMILES string of the molecule is CC(CC(=O)O)(c1ccc(Br)cc1Cl)N1CCCCC1. The molecule has 0 radical (unpaired) electrons. The molecule has 1 heterocycles. The maximum atomic E-state index is 11.3. The Morgan fingerprint density at radius 3 is 2.60 bits per heavy atom. The number of halogens is 2. The zero-order chi connectivity index (χ0) is 14.8. The van der Waals surface area contributed by atoms with Gasteiger partial charge in [0.25, 0.3) is 0 Å². The van der Waals surface area contributed by atoms with E-state index >= 15 is 0 Å². The highest BCUT2D eigenvalue weighted by molar-refractivity contribution is 9.10. The van der Waals surface area contributed by atoms with Crippen LogP contribution in [0.5, 0.6) is 0 Å². The standard InChI is InChI=1S/C15H19BrClNO2/c1-15(10-14(19)20,18-7-3-2-4-8-18)12-6-5-11(16)9-13(12)17/h5-6,9H,2-4,7-8,10H2,1H3,(H,19,20). The van der Waals surface area contributed by atoms with Crippen LogP contribution in [0.15, 0.2) is 22.7 Å². The lowest BCUT2D eigenvalue weighted by atomic mass is 9.85. The van der Waals surface area contributed by atoms with Gasteiger partial charge in [-0.3, -0.25) is 9.69 Å². The van der Waals surface area contributed by atoms with Crippen LogP contribution in [0, 0.1) is 0 Å². The highest BCUT2D eigenvalue weighted by atomic mass is 79.9. The first-order valence-corrected chi connectivity index (χ1v) is 8.03. The zero-order valence-corrected chi connectivity index (χ0v) is 13.9. The monoisotopic (exact) mass is 359 g/mol. The summed E-state index contributed by atoms with van der Waals surface area (Å²) in [6, 6.07) is 5.69. The molecule has 1 unspecified atom stereocenters. The second-order valence-electron chi connectivity index (χ2n) is 5.52. The molecule has 110 valence electrons. The van der Waals surface area contributed by atoms with Crippen LogP contribution in [-0.2, 0) is 10.3 Å². The van der Waals surface area contributed by atoms with Gasteiger partial charge in [-0.05, 0) is 50.6 Å². The van der Waals surface area contributed by atoms with Crippen LogP contribution in [0.1, 0.15) is 38.2 Å². The summed E-state index contributed by atoms with van der Waals surface area (Å²) in [4.78, 5) is 13.6. The van der Waals surface area contributed by atoms with Gasteiger partial charge in [0.05, 0.1) is 12.0 Å². The molecule has 0 spiro atoms. The van der Waals surface area contributed by atoms with Gasteiger partial charge < -0.3 is 5.11 Å². The van der Waals surface area contributed by atoms with Crippen molar-refractivity contribution in [1.82, 2.24) is 4.90 Å². The van der Waals surface area contributed by atoms with Crippen LogP contribution < -0.4 is 0 Å². The van der Waals surface area contributed by atoms with E-state index < -0.39 is 11.5 Å². The molecule has 0 amide bonds. The number of aliphatic carboxylic acids is 1. The molecule has 0 bridgehead atoms. The summed E-state index contributed by atoms with van der Waals surface area (Å²) in [6.07, 6.45) is 3.51. The van der Waals surface area contributed by atoms with Crippen molar-refractivity contribution in [1.29, 1.82) is 0 Å². The van der Waals surface area contributed by atoms with E-state index in [1.54, 1.807) is 0 Å². The fraction of sp³-hybridized carbons (Fsp3) is 0.533. The molecule has 1 aliphatic heterocycles. The predicted octanol–water partition coefficient (Wildman–Crippen LogP) is 4.28. The van der Waals surface area contributed by atoms with Gasteiger partial charge >= 0.3 is 5.97 Å². The lowest BCUT2D eigenvalue weighted by Gasteiger charge is -2.43. The molecular weight excluding hydrogens is 342 g/mol. The minimum absolute atomic E-state index is 0.0638. The Kier molecular flexibility index (Phi) is 5.10. The lowest BCUT2D eigenvalue weighted by Crippen LogP contribution is -2.48. The fourth-order valence-electron chi connectivity index (χ4n) is 2.99. The number of carboxylic acid groups (broad SMARTS) is 1. The molecule has 1 aliphatic rings. The molecule has 2 rings (SSSR count). The summed E-state index contributed by atoms with van der Waals surface area (Å²) < 4.78 is 0.905. The van der Waals surface area contributed by atoms with E-state index in [0.29, 0.717) is 5.02 Å². The van der Waals surface area contributed by atoms with E-state index in [2.05, 4.69) is 20.8 Å². The Morgan fingerprint density at radius 2 is 2.05 bits per heavy atom. The summed E-state index contributed by atoms with van der Waals surface area (Å²) in [5, 5.41) is 9.93. The number of benzene rings is 1. The smallest absolute Gasteiger partial charge is 0.305 e. The Bertz CT molecular complexity index is 503. The molecule has 1 saturated heterocycles. The van der Waals surface area contributed by atoms with Crippen LogP contribution in [0.25, 0.3) is 0 Å². The van der Waals surface area contributed by atoms with Gasteiger partial charge in [-0.1, -0.05) is 40.0 Å². The van der Waals surface area contributed by atoms with Gasteiger partial charge in [-0.25, -0.2) is 0 Å². The number of piperidine rings is 1. The third-order valence-corrected chi connectivity index (χ3v) is 4.87. The van der Waals surface area contributed by atoms with Crippen molar-refractivity contribution in [2.24, 2.45) is 0 Å². The fourth-order valence-corrected chi connectivity index (χ4v) is 3.86. The van der Waals surface area contributed by atoms with Crippen LogP contribution in [0.2, 0.25) is 5.02 Å². The van der Waals surface area contributed by atoms with Crippen molar-refractivity contribution in [3.63, 3.8) is 0 Å². The number of likely N-dealkylation sites (tertiary alicyclic amines) is 1. The minimum Gasteiger partial charge on any atom is -0.481 e. The Morgan fingerprint density at radius 1 is 1.40 bits per heavy atom. The van der Waals surface area contributed by atoms with E-state index in [0.717, 1.165) is 36.0 Å². The molecule has 0 saturated carbocycles. The molecule has 1 atom stereocenters. The summed E-state index contributed by atoms with van der Waals surface area (Å²) in [6.45, 7) is 3.84. The molecule has 1 N–H and O–H groups in total. The molecule has 20 heavy (non-hydrogen) atoms. The van der Waals surface area contributed by atoms with Crippen molar-refractivity contribution in [3.8, 4) is 0 Å². The topological polar surface area (TPSA) is 40.5 Å². The Balaban J connectivity index is 2.41. The first-order chi connectivity index (χ1) is 9.43. The lowest BCUT2D eigenvalue weighted by molar-refractivity contribution is -0.140. The number of hydrogen-bond acceptors (Lipinski definition) is 2. The molecule has 1 aromatic carbocycles. The van der Waals surface area contributed by atoms with Crippen molar-refractivity contribution in [2.75, 3.05) is 13.1 Å². The van der Waals surface area contributed by atoms with Crippen molar-refractivity contribution in [3.05, 3.63) is 33.3 Å². The number of nitrogens with zero attached hydrogens (tertiary/aromatic N) is 1. The number of hydrogen-bond donors (Lipinski definition) is 1. The molecule has 0 aromatic heterocycles. The molecule has 0 aliphatic carbocycles. The van der Waals surface area contributed by atoms with Crippen LogP contribution in [0.4, 0.5) is 0 Å². The van der Waals surface area contributed by atoms with E-state index in [-0.39, 0.29) is 6.42 Å². The maximum Gasteiger partial charge on any atom is 0.305 e. The zero-order valence-electron chi connectivity index (χ0n) is 11.5. The van der Waals surface area contributed by atoms with Gasteiger partial charge in [0.1, 0.15) is 0 Å².